The molecule has 0 spiro atoms. The van der Waals surface area contributed by atoms with Gasteiger partial charge in [0.1, 0.15) is 11.5 Å². The summed E-state index contributed by atoms with van der Waals surface area (Å²) >= 11 is 0. The van der Waals surface area contributed by atoms with E-state index in [1.807, 2.05) is 0 Å². The van der Waals surface area contributed by atoms with Crippen LogP contribution in [0.5, 0.6) is 0 Å². The lowest BCUT2D eigenvalue weighted by atomic mass is 10.2. The van der Waals surface area contributed by atoms with E-state index in [0.717, 1.165) is 36.6 Å². The Bertz CT molecular complexity index is 320. The van der Waals surface area contributed by atoms with E-state index in [-0.39, 0.29) is 0 Å². The fraction of sp³-hybridized carbons (Fsp3) is 0.692. The highest BCUT2D eigenvalue weighted by Gasteiger charge is 2.13. The van der Waals surface area contributed by atoms with Gasteiger partial charge in [-0.3, -0.25) is 4.90 Å². The average molecular weight is 224 g/mol. The van der Waals surface area contributed by atoms with Crippen LogP contribution >= 0.6 is 0 Å². The third-order valence-electron chi connectivity index (χ3n) is 3.24. The molecule has 0 aliphatic rings. The van der Waals surface area contributed by atoms with Gasteiger partial charge in [-0.1, -0.05) is 13.8 Å². The van der Waals surface area contributed by atoms with Crippen LogP contribution in [0.1, 0.15) is 44.3 Å². The molecule has 0 amide bonds. The summed E-state index contributed by atoms with van der Waals surface area (Å²) in [6.07, 6.45) is 1.16. The van der Waals surface area contributed by atoms with Gasteiger partial charge < -0.3 is 10.2 Å². The summed E-state index contributed by atoms with van der Waals surface area (Å²) in [6.45, 7) is 11.1. The third-order valence-corrected chi connectivity index (χ3v) is 3.24. The number of nitrogens with zero attached hydrogens (tertiary/aromatic N) is 1. The highest BCUT2D eigenvalue weighted by atomic mass is 16.3. The molecule has 2 N–H and O–H groups in total. The summed E-state index contributed by atoms with van der Waals surface area (Å²) in [5.74, 6) is 1.94. The molecule has 0 radical (unpaired) electrons. The second kappa shape index (κ2) is 6.06. The maximum absolute atomic E-state index is 5.72. The molecule has 0 fully saturated rings. The van der Waals surface area contributed by atoms with Crippen LogP contribution < -0.4 is 5.73 Å². The van der Waals surface area contributed by atoms with Crippen molar-refractivity contribution in [3.63, 3.8) is 0 Å². The van der Waals surface area contributed by atoms with Gasteiger partial charge in [-0.15, -0.1) is 0 Å². The second-order valence-corrected chi connectivity index (χ2v) is 4.34. The predicted octanol–water partition coefficient (Wildman–Crippen LogP) is 2.67. The zero-order valence-corrected chi connectivity index (χ0v) is 10.9. The average Bonchev–Trinajstić information content (AvgIpc) is 2.65. The lowest BCUT2D eigenvalue weighted by Gasteiger charge is -2.25. The summed E-state index contributed by atoms with van der Waals surface area (Å²) in [6, 6.07) is 2.70. The molecule has 3 nitrogen and oxygen atoms in total. The first-order valence-corrected chi connectivity index (χ1v) is 6.14. The zero-order chi connectivity index (χ0) is 12.1. The fourth-order valence-corrected chi connectivity index (χ4v) is 1.91. The molecule has 0 aliphatic heterocycles. The van der Waals surface area contributed by atoms with Crippen molar-refractivity contribution in [2.24, 2.45) is 5.73 Å². The summed E-state index contributed by atoms with van der Waals surface area (Å²) in [5.41, 5.74) is 6.77. The van der Waals surface area contributed by atoms with E-state index >= 15 is 0 Å². The Morgan fingerprint density at radius 1 is 1.44 bits per heavy atom. The number of aryl methyl sites for hydroxylation is 1. The van der Waals surface area contributed by atoms with Crippen molar-refractivity contribution in [1.82, 2.24) is 4.90 Å². The van der Waals surface area contributed by atoms with Crippen LogP contribution in [0.25, 0.3) is 0 Å². The molecule has 0 aromatic carbocycles. The van der Waals surface area contributed by atoms with E-state index in [1.165, 1.54) is 0 Å². The van der Waals surface area contributed by atoms with Crippen LogP contribution in [0.15, 0.2) is 10.5 Å². The standard InChI is InChI=1S/C13H24N2O/c1-5-11(4)15(6-2)9-12-7-10(3)13(8-14)16-12/h7,11H,5-6,8-9,14H2,1-4H3. The molecule has 0 aliphatic carbocycles. The van der Waals surface area contributed by atoms with Crippen molar-refractivity contribution in [3.05, 3.63) is 23.2 Å². The van der Waals surface area contributed by atoms with Crippen LogP contribution in [0.4, 0.5) is 0 Å². The molecule has 0 saturated heterocycles. The number of hydrogen-bond acceptors (Lipinski definition) is 3. The van der Waals surface area contributed by atoms with E-state index in [9.17, 15) is 0 Å². The molecule has 16 heavy (non-hydrogen) atoms. The molecule has 1 aromatic rings. The summed E-state index contributed by atoms with van der Waals surface area (Å²) in [5, 5.41) is 0. The maximum atomic E-state index is 5.72. The zero-order valence-electron chi connectivity index (χ0n) is 10.9. The number of nitrogens with two attached hydrogens (primary N) is 1. The Morgan fingerprint density at radius 2 is 2.12 bits per heavy atom. The molecule has 1 unspecified atom stereocenters. The van der Waals surface area contributed by atoms with Gasteiger partial charge in [0.25, 0.3) is 0 Å². The first-order valence-electron chi connectivity index (χ1n) is 6.14. The largest absolute Gasteiger partial charge is 0.463 e. The predicted molar refractivity (Wildman–Crippen MR) is 67.2 cm³/mol. The van der Waals surface area contributed by atoms with E-state index in [4.69, 9.17) is 10.2 Å². The molecule has 1 atom stereocenters. The minimum atomic E-state index is 0.487. The number of furan rings is 1. The van der Waals surface area contributed by atoms with Crippen molar-refractivity contribution in [3.8, 4) is 0 Å². The van der Waals surface area contributed by atoms with Crippen molar-refractivity contribution in [1.29, 1.82) is 0 Å². The van der Waals surface area contributed by atoms with Crippen molar-refractivity contribution in [2.45, 2.75) is 53.2 Å². The minimum absolute atomic E-state index is 0.487. The Morgan fingerprint density at radius 3 is 2.56 bits per heavy atom. The maximum Gasteiger partial charge on any atom is 0.120 e. The topological polar surface area (TPSA) is 42.4 Å². The summed E-state index contributed by atoms with van der Waals surface area (Å²) in [4.78, 5) is 2.42. The Kier molecular flexibility index (Phi) is 5.03. The van der Waals surface area contributed by atoms with E-state index in [1.54, 1.807) is 0 Å². The SMILES string of the molecule is CCC(C)N(CC)Cc1cc(C)c(CN)o1. The van der Waals surface area contributed by atoms with Crippen LogP contribution in [0, 0.1) is 6.92 Å². The van der Waals surface area contributed by atoms with Gasteiger partial charge in [-0.25, -0.2) is 0 Å². The smallest absolute Gasteiger partial charge is 0.120 e. The van der Waals surface area contributed by atoms with Gasteiger partial charge in [-0.2, -0.15) is 0 Å². The van der Waals surface area contributed by atoms with E-state index in [0.29, 0.717) is 12.6 Å². The third kappa shape index (κ3) is 3.09. The Balaban J connectivity index is 2.70. The minimum Gasteiger partial charge on any atom is -0.463 e. The number of rotatable bonds is 6. The monoisotopic (exact) mass is 224 g/mol. The Labute approximate surface area is 98.6 Å². The molecule has 1 rings (SSSR count). The number of hydrogen-bond donors (Lipinski definition) is 1. The molecule has 1 aromatic heterocycles. The quantitative estimate of drug-likeness (QED) is 0.807. The first kappa shape index (κ1) is 13.3. The van der Waals surface area contributed by atoms with Gasteiger partial charge >= 0.3 is 0 Å². The molecular weight excluding hydrogens is 200 g/mol. The van der Waals surface area contributed by atoms with Crippen molar-refractivity contribution >= 4 is 0 Å². The van der Waals surface area contributed by atoms with Crippen molar-refractivity contribution < 1.29 is 4.42 Å². The first-order chi connectivity index (χ1) is 7.62. The molecular formula is C13H24N2O. The van der Waals surface area contributed by atoms with E-state index < -0.39 is 0 Å². The molecule has 1 heterocycles. The van der Waals surface area contributed by atoms with Crippen LogP contribution in [0.2, 0.25) is 0 Å². The van der Waals surface area contributed by atoms with Crippen LogP contribution in [-0.4, -0.2) is 17.5 Å². The highest BCUT2D eigenvalue weighted by Crippen LogP contribution is 2.17. The van der Waals surface area contributed by atoms with Crippen molar-refractivity contribution in [2.75, 3.05) is 6.54 Å². The summed E-state index contributed by atoms with van der Waals surface area (Å²) in [7, 11) is 0. The van der Waals surface area contributed by atoms with Gasteiger partial charge in [0.05, 0.1) is 13.1 Å². The van der Waals surface area contributed by atoms with Crippen LogP contribution in [-0.2, 0) is 13.1 Å². The van der Waals surface area contributed by atoms with Gasteiger partial charge in [0.2, 0.25) is 0 Å². The van der Waals surface area contributed by atoms with Gasteiger partial charge in [0.15, 0.2) is 0 Å². The van der Waals surface area contributed by atoms with Gasteiger partial charge in [0, 0.05) is 6.04 Å². The van der Waals surface area contributed by atoms with E-state index in [2.05, 4.69) is 38.7 Å². The Hall–Kier alpha value is -0.800. The lowest BCUT2D eigenvalue weighted by Crippen LogP contribution is -2.31. The van der Waals surface area contributed by atoms with Gasteiger partial charge in [-0.05, 0) is 38.4 Å². The molecule has 0 bridgehead atoms. The molecule has 92 valence electrons. The highest BCUT2D eigenvalue weighted by molar-refractivity contribution is 5.19. The molecule has 0 saturated carbocycles. The fourth-order valence-electron chi connectivity index (χ4n) is 1.91. The second-order valence-electron chi connectivity index (χ2n) is 4.34. The lowest BCUT2D eigenvalue weighted by molar-refractivity contribution is 0.189. The summed E-state index contributed by atoms with van der Waals surface area (Å²) < 4.78 is 5.72. The molecule has 3 heteroatoms. The normalized spacial score (nSPS) is 13.4. The van der Waals surface area contributed by atoms with Crippen LogP contribution in [0.3, 0.4) is 0 Å².